The minimum absolute atomic E-state index is 0.206. The van der Waals surface area contributed by atoms with E-state index in [4.69, 9.17) is 10.5 Å². The normalized spacial score (nSPS) is 17.9. The van der Waals surface area contributed by atoms with Crippen LogP contribution in [0.5, 0.6) is 5.75 Å². The SMILES string of the molecule is COc1ccc(C#CCN)cc1CN1CC(C)CC1=O. The Labute approximate surface area is 119 Å². The summed E-state index contributed by atoms with van der Waals surface area (Å²) in [5.41, 5.74) is 7.26. The lowest BCUT2D eigenvalue weighted by Crippen LogP contribution is -2.24. The Hall–Kier alpha value is -1.99. The number of hydrogen-bond donors (Lipinski definition) is 1. The number of amides is 1. The third-order valence-corrected chi connectivity index (χ3v) is 3.38. The van der Waals surface area contributed by atoms with Crippen molar-refractivity contribution in [3.8, 4) is 17.6 Å². The van der Waals surface area contributed by atoms with Crippen LogP contribution in [0.4, 0.5) is 0 Å². The Bertz CT molecular complexity index is 557. The van der Waals surface area contributed by atoms with Gasteiger partial charge >= 0.3 is 0 Å². The maximum Gasteiger partial charge on any atom is 0.223 e. The number of methoxy groups -OCH3 is 1. The fraction of sp³-hybridized carbons (Fsp3) is 0.438. The first-order chi connectivity index (χ1) is 9.63. The molecule has 1 atom stereocenters. The molecule has 1 aliphatic rings. The molecule has 0 bridgehead atoms. The molecule has 0 saturated carbocycles. The number of nitrogens with zero attached hydrogens (tertiary/aromatic N) is 1. The maximum absolute atomic E-state index is 11.9. The van der Waals surface area contributed by atoms with Gasteiger partial charge in [-0.1, -0.05) is 18.8 Å². The maximum atomic E-state index is 11.9. The molecule has 1 unspecified atom stereocenters. The van der Waals surface area contributed by atoms with Crippen LogP contribution in [0.2, 0.25) is 0 Å². The van der Waals surface area contributed by atoms with Crippen LogP contribution in [0.3, 0.4) is 0 Å². The summed E-state index contributed by atoms with van der Waals surface area (Å²) in [5.74, 6) is 7.26. The highest BCUT2D eigenvalue weighted by Crippen LogP contribution is 2.25. The smallest absolute Gasteiger partial charge is 0.223 e. The third kappa shape index (κ3) is 3.31. The fourth-order valence-electron chi connectivity index (χ4n) is 2.46. The van der Waals surface area contributed by atoms with E-state index in [1.54, 1.807) is 7.11 Å². The topological polar surface area (TPSA) is 55.6 Å². The number of nitrogens with two attached hydrogens (primary N) is 1. The van der Waals surface area contributed by atoms with Gasteiger partial charge in [0.05, 0.1) is 13.7 Å². The van der Waals surface area contributed by atoms with Gasteiger partial charge in [-0.3, -0.25) is 4.79 Å². The van der Waals surface area contributed by atoms with E-state index in [-0.39, 0.29) is 5.91 Å². The molecule has 106 valence electrons. The Morgan fingerprint density at radius 2 is 2.30 bits per heavy atom. The fourth-order valence-corrected chi connectivity index (χ4v) is 2.46. The molecule has 0 aromatic heterocycles. The van der Waals surface area contributed by atoms with Crippen molar-refractivity contribution < 1.29 is 9.53 Å². The Kier molecular flexibility index (Phi) is 4.65. The van der Waals surface area contributed by atoms with Crippen molar-refractivity contribution in [3.05, 3.63) is 29.3 Å². The van der Waals surface area contributed by atoms with Crippen molar-refractivity contribution in [1.29, 1.82) is 0 Å². The highest BCUT2D eigenvalue weighted by Gasteiger charge is 2.26. The summed E-state index contributed by atoms with van der Waals surface area (Å²) in [7, 11) is 1.64. The van der Waals surface area contributed by atoms with E-state index in [1.165, 1.54) is 0 Å². The molecule has 0 spiro atoms. The first-order valence-corrected chi connectivity index (χ1v) is 6.77. The first-order valence-electron chi connectivity index (χ1n) is 6.77. The van der Waals surface area contributed by atoms with Gasteiger partial charge in [-0.15, -0.1) is 0 Å². The third-order valence-electron chi connectivity index (χ3n) is 3.38. The van der Waals surface area contributed by atoms with E-state index < -0.39 is 0 Å². The molecule has 1 heterocycles. The summed E-state index contributed by atoms with van der Waals surface area (Å²) < 4.78 is 5.37. The summed E-state index contributed by atoms with van der Waals surface area (Å²) in [5, 5.41) is 0. The lowest BCUT2D eigenvalue weighted by Gasteiger charge is -2.18. The van der Waals surface area contributed by atoms with Crippen LogP contribution in [0.25, 0.3) is 0 Å². The predicted molar refractivity (Wildman–Crippen MR) is 78.1 cm³/mol. The summed E-state index contributed by atoms with van der Waals surface area (Å²) in [4.78, 5) is 13.8. The molecular weight excluding hydrogens is 252 g/mol. The molecular formula is C16H20N2O2. The standard InChI is InChI=1S/C16H20N2O2/c1-12-8-16(19)18(10-12)11-14-9-13(4-3-7-17)5-6-15(14)20-2/h5-6,9,12H,7-8,10-11,17H2,1-2H3. The quantitative estimate of drug-likeness (QED) is 0.846. The number of carbonyl (C=O) groups is 1. The van der Waals surface area contributed by atoms with E-state index in [0.717, 1.165) is 23.4 Å². The summed E-state index contributed by atoms with van der Waals surface area (Å²) >= 11 is 0. The minimum atomic E-state index is 0.206. The lowest BCUT2D eigenvalue weighted by atomic mass is 10.1. The second kappa shape index (κ2) is 6.44. The molecule has 1 aliphatic heterocycles. The number of rotatable bonds is 3. The Balaban J connectivity index is 2.22. The van der Waals surface area contributed by atoms with Gasteiger partial charge in [-0.25, -0.2) is 0 Å². The highest BCUT2D eigenvalue weighted by molar-refractivity contribution is 5.78. The number of hydrogen-bond acceptors (Lipinski definition) is 3. The predicted octanol–water partition coefficient (Wildman–Crippen LogP) is 1.37. The monoisotopic (exact) mass is 272 g/mol. The zero-order valence-electron chi connectivity index (χ0n) is 12.0. The first kappa shape index (κ1) is 14.4. The number of carbonyl (C=O) groups excluding carboxylic acids is 1. The van der Waals surface area contributed by atoms with Crippen LogP contribution in [0.15, 0.2) is 18.2 Å². The molecule has 1 amide bonds. The van der Waals surface area contributed by atoms with Crippen LogP contribution in [-0.4, -0.2) is 31.0 Å². The summed E-state index contributed by atoms with van der Waals surface area (Å²) in [6.07, 6.45) is 0.634. The second-order valence-corrected chi connectivity index (χ2v) is 5.12. The zero-order valence-corrected chi connectivity index (χ0v) is 12.0. The van der Waals surface area contributed by atoms with Gasteiger partial charge in [0.15, 0.2) is 0 Å². The van der Waals surface area contributed by atoms with E-state index in [9.17, 15) is 4.79 Å². The van der Waals surface area contributed by atoms with E-state index in [2.05, 4.69) is 18.8 Å². The molecule has 2 rings (SSSR count). The van der Waals surface area contributed by atoms with Crippen molar-refractivity contribution in [1.82, 2.24) is 4.90 Å². The second-order valence-electron chi connectivity index (χ2n) is 5.12. The largest absolute Gasteiger partial charge is 0.496 e. The zero-order chi connectivity index (χ0) is 14.5. The summed E-state index contributed by atoms with van der Waals surface area (Å²) in [6, 6.07) is 5.76. The lowest BCUT2D eigenvalue weighted by molar-refractivity contribution is -0.128. The molecule has 4 heteroatoms. The number of ether oxygens (including phenoxy) is 1. The van der Waals surface area contributed by atoms with Gasteiger partial charge in [0, 0.05) is 30.6 Å². The van der Waals surface area contributed by atoms with E-state index in [0.29, 0.717) is 25.4 Å². The molecule has 1 aromatic rings. The Morgan fingerprint density at radius 3 is 2.90 bits per heavy atom. The van der Waals surface area contributed by atoms with Crippen LogP contribution in [0.1, 0.15) is 24.5 Å². The average molecular weight is 272 g/mol. The van der Waals surface area contributed by atoms with Crippen molar-refractivity contribution >= 4 is 5.91 Å². The van der Waals surface area contributed by atoms with Gasteiger partial charge in [-0.2, -0.15) is 0 Å². The van der Waals surface area contributed by atoms with Crippen LogP contribution in [-0.2, 0) is 11.3 Å². The molecule has 20 heavy (non-hydrogen) atoms. The molecule has 4 nitrogen and oxygen atoms in total. The van der Waals surface area contributed by atoms with Gasteiger partial charge in [0.25, 0.3) is 0 Å². The summed E-state index contributed by atoms with van der Waals surface area (Å²) in [6.45, 7) is 3.81. The van der Waals surface area contributed by atoms with Crippen LogP contribution < -0.4 is 10.5 Å². The number of likely N-dealkylation sites (tertiary alicyclic amines) is 1. The van der Waals surface area contributed by atoms with Crippen molar-refractivity contribution in [2.24, 2.45) is 11.7 Å². The Morgan fingerprint density at radius 1 is 1.50 bits per heavy atom. The number of benzene rings is 1. The molecule has 1 fully saturated rings. The van der Waals surface area contributed by atoms with Crippen molar-refractivity contribution in [3.63, 3.8) is 0 Å². The van der Waals surface area contributed by atoms with E-state index >= 15 is 0 Å². The minimum Gasteiger partial charge on any atom is -0.496 e. The van der Waals surface area contributed by atoms with Gasteiger partial charge in [0.2, 0.25) is 5.91 Å². The van der Waals surface area contributed by atoms with Crippen molar-refractivity contribution in [2.45, 2.75) is 19.9 Å². The van der Waals surface area contributed by atoms with Gasteiger partial charge in [0.1, 0.15) is 5.75 Å². The van der Waals surface area contributed by atoms with Gasteiger partial charge < -0.3 is 15.4 Å². The molecule has 1 aromatic carbocycles. The average Bonchev–Trinajstić information content (AvgIpc) is 2.75. The molecule has 0 aliphatic carbocycles. The van der Waals surface area contributed by atoms with Crippen LogP contribution in [0, 0.1) is 17.8 Å². The molecule has 1 saturated heterocycles. The molecule has 2 N–H and O–H groups in total. The van der Waals surface area contributed by atoms with E-state index in [1.807, 2.05) is 23.1 Å². The van der Waals surface area contributed by atoms with Gasteiger partial charge in [-0.05, 0) is 24.1 Å². The molecule has 0 radical (unpaired) electrons. The van der Waals surface area contributed by atoms with Crippen LogP contribution >= 0.6 is 0 Å². The van der Waals surface area contributed by atoms with Crippen molar-refractivity contribution in [2.75, 3.05) is 20.2 Å². The highest BCUT2D eigenvalue weighted by atomic mass is 16.5.